The minimum Gasteiger partial charge on any atom is -0.460 e. The highest BCUT2D eigenvalue weighted by molar-refractivity contribution is 7.22. The fourth-order valence-electron chi connectivity index (χ4n) is 4.93. The lowest BCUT2D eigenvalue weighted by Gasteiger charge is -2.68. The van der Waals surface area contributed by atoms with Gasteiger partial charge in [0.25, 0.3) is 5.09 Å². The smallest absolute Gasteiger partial charge is 0.312 e. The molecule has 3 fully saturated rings. The Bertz CT molecular complexity index is 1190. The van der Waals surface area contributed by atoms with E-state index in [4.69, 9.17) is 4.74 Å². The lowest BCUT2D eigenvalue weighted by Crippen LogP contribution is -2.67. The molecule has 0 saturated heterocycles. The van der Waals surface area contributed by atoms with Crippen LogP contribution in [-0.4, -0.2) is 28.6 Å². The molecule has 0 unspecified atom stereocenters. The molecule has 2 bridgehead atoms. The molecular weight excluding hydrogens is 446 g/mol. The molecule has 0 radical (unpaired) electrons. The van der Waals surface area contributed by atoms with Gasteiger partial charge in [-0.3, -0.25) is 14.6 Å². The van der Waals surface area contributed by atoms with Crippen LogP contribution in [0.2, 0.25) is 0 Å². The number of thiophene rings is 1. The number of aromatic nitrogens is 1. The van der Waals surface area contributed by atoms with Crippen LogP contribution in [0.15, 0.2) is 48.8 Å². The van der Waals surface area contributed by atoms with Crippen molar-refractivity contribution in [3.8, 4) is 0 Å². The minimum atomic E-state index is -0.791. The number of hydrogen-bond donors (Lipinski definition) is 1. The largest absolute Gasteiger partial charge is 0.460 e. The number of amides is 1. The van der Waals surface area contributed by atoms with Gasteiger partial charge in [-0.1, -0.05) is 24.3 Å². The monoisotopic (exact) mass is 467 g/mol. The second-order valence-electron chi connectivity index (χ2n) is 8.95. The van der Waals surface area contributed by atoms with Crippen molar-refractivity contribution in [3.05, 3.63) is 70.0 Å². The number of nitrogens with zero attached hydrogens (tertiary/aromatic N) is 2. The zero-order valence-corrected chi connectivity index (χ0v) is 18.4. The Kier molecular flexibility index (Phi) is 5.24. The molecule has 170 valence electrons. The molecule has 6 rings (SSSR count). The van der Waals surface area contributed by atoms with Crippen LogP contribution < -0.4 is 5.32 Å². The summed E-state index contributed by atoms with van der Waals surface area (Å²) in [5.41, 5.74) is 0.960. The third-order valence-electron chi connectivity index (χ3n) is 6.39. The number of hydrogen-bond acceptors (Lipinski definition) is 8. The average Bonchev–Trinajstić information content (AvgIpc) is 3.13. The molecule has 0 spiro atoms. The SMILES string of the molecule is O=C(Cc1ccc(COC(=O)C23CC(CO[N+](=O)[O-])(C2)C3)cc1)Nc1cc2ccncc2s1. The molecule has 0 aliphatic heterocycles. The Labute approximate surface area is 192 Å². The first-order valence-electron chi connectivity index (χ1n) is 10.5. The van der Waals surface area contributed by atoms with E-state index >= 15 is 0 Å². The van der Waals surface area contributed by atoms with Crippen molar-refractivity contribution in [2.24, 2.45) is 10.8 Å². The molecule has 2 heterocycles. The van der Waals surface area contributed by atoms with Crippen molar-refractivity contribution in [2.75, 3.05) is 11.9 Å². The molecule has 3 aliphatic carbocycles. The molecule has 10 heteroatoms. The summed E-state index contributed by atoms with van der Waals surface area (Å²) >= 11 is 1.48. The zero-order chi connectivity index (χ0) is 23.1. The minimum absolute atomic E-state index is 0.0458. The first-order valence-corrected chi connectivity index (χ1v) is 11.3. The van der Waals surface area contributed by atoms with Crippen LogP contribution in [0.5, 0.6) is 0 Å². The summed E-state index contributed by atoms with van der Waals surface area (Å²) in [5, 5.41) is 14.3. The molecule has 3 aromatic rings. The fraction of sp³-hybridized carbons (Fsp3) is 0.348. The van der Waals surface area contributed by atoms with Gasteiger partial charge in [0.2, 0.25) is 5.91 Å². The number of ether oxygens (including phenoxy) is 1. The number of nitrogens with one attached hydrogen (secondary N) is 1. The summed E-state index contributed by atoms with van der Waals surface area (Å²) in [6.45, 7) is 0.200. The fourth-order valence-corrected chi connectivity index (χ4v) is 5.87. The third kappa shape index (κ3) is 4.25. The summed E-state index contributed by atoms with van der Waals surface area (Å²) in [6, 6.07) is 11.2. The van der Waals surface area contributed by atoms with Gasteiger partial charge in [-0.25, -0.2) is 0 Å². The standard InChI is InChI=1S/C23H21N3O6S/c27-19(25-20-8-17-5-6-24-9-18(17)33-20)7-15-1-3-16(4-2-15)10-31-21(28)23-11-22(12-23,13-23)14-32-26(29)30/h1-6,8-9H,7,10-14H2,(H,25,27). The Morgan fingerprint density at radius 3 is 2.58 bits per heavy atom. The molecule has 1 amide bonds. The first-order chi connectivity index (χ1) is 15.8. The van der Waals surface area contributed by atoms with Crippen molar-refractivity contribution in [3.63, 3.8) is 0 Å². The number of esters is 1. The van der Waals surface area contributed by atoms with Gasteiger partial charge in [0.05, 0.1) is 21.5 Å². The van der Waals surface area contributed by atoms with Crippen molar-refractivity contribution in [1.29, 1.82) is 0 Å². The normalized spacial score (nSPS) is 22.7. The van der Waals surface area contributed by atoms with Crippen LogP contribution in [0.1, 0.15) is 30.4 Å². The van der Waals surface area contributed by atoms with Gasteiger partial charge in [-0.05, 0) is 53.3 Å². The molecule has 2 aromatic heterocycles. The summed E-state index contributed by atoms with van der Waals surface area (Å²) in [4.78, 5) is 43.7. The maximum absolute atomic E-state index is 12.4. The second-order valence-corrected chi connectivity index (χ2v) is 10.0. The lowest BCUT2D eigenvalue weighted by molar-refractivity contribution is -0.763. The van der Waals surface area contributed by atoms with Crippen molar-refractivity contribution >= 4 is 38.3 Å². The Morgan fingerprint density at radius 1 is 1.15 bits per heavy atom. The topological polar surface area (TPSA) is 121 Å². The molecule has 9 nitrogen and oxygen atoms in total. The number of fused-ring (bicyclic) bond motifs is 1. The van der Waals surface area contributed by atoms with Crippen LogP contribution in [-0.2, 0) is 32.2 Å². The Balaban J connectivity index is 1.08. The van der Waals surface area contributed by atoms with E-state index in [1.54, 1.807) is 12.4 Å². The van der Waals surface area contributed by atoms with Gasteiger partial charge in [0, 0.05) is 12.4 Å². The lowest BCUT2D eigenvalue weighted by atomic mass is 9.35. The van der Waals surface area contributed by atoms with E-state index in [1.807, 2.05) is 36.4 Å². The summed E-state index contributed by atoms with van der Waals surface area (Å²) in [7, 11) is 0. The third-order valence-corrected chi connectivity index (χ3v) is 7.39. The highest BCUT2D eigenvalue weighted by atomic mass is 32.1. The van der Waals surface area contributed by atoms with E-state index in [0.29, 0.717) is 19.3 Å². The predicted octanol–water partition coefficient (Wildman–Crippen LogP) is 3.90. The Morgan fingerprint density at radius 2 is 1.88 bits per heavy atom. The average molecular weight is 468 g/mol. The molecule has 1 aromatic carbocycles. The van der Waals surface area contributed by atoms with Gasteiger partial charge >= 0.3 is 5.97 Å². The quantitative estimate of drug-likeness (QED) is 0.288. The van der Waals surface area contributed by atoms with Crippen LogP contribution in [0.3, 0.4) is 0 Å². The number of pyridine rings is 1. The van der Waals surface area contributed by atoms with Gasteiger partial charge in [0.15, 0.2) is 0 Å². The second kappa shape index (κ2) is 8.11. The maximum Gasteiger partial charge on any atom is 0.312 e. The predicted molar refractivity (Wildman–Crippen MR) is 120 cm³/mol. The van der Waals surface area contributed by atoms with Crippen LogP contribution >= 0.6 is 11.3 Å². The number of carbonyl (C=O) groups is 2. The van der Waals surface area contributed by atoms with Crippen molar-refractivity contribution < 1.29 is 24.3 Å². The van der Waals surface area contributed by atoms with Gasteiger partial charge in [0.1, 0.15) is 13.2 Å². The number of benzene rings is 1. The van der Waals surface area contributed by atoms with Crippen LogP contribution in [0.4, 0.5) is 5.00 Å². The first kappa shape index (κ1) is 21.3. The zero-order valence-electron chi connectivity index (χ0n) is 17.6. The molecule has 33 heavy (non-hydrogen) atoms. The Hall–Kier alpha value is -3.53. The molecule has 0 atom stereocenters. The van der Waals surface area contributed by atoms with Crippen molar-refractivity contribution in [1.82, 2.24) is 4.98 Å². The summed E-state index contributed by atoms with van der Waals surface area (Å²) in [5.74, 6) is -0.361. The maximum atomic E-state index is 12.4. The van der Waals surface area contributed by atoms with Gasteiger partial charge in [-0.2, -0.15) is 0 Å². The molecule has 3 aliphatic rings. The van der Waals surface area contributed by atoms with Gasteiger partial charge < -0.3 is 14.9 Å². The van der Waals surface area contributed by atoms with E-state index in [1.165, 1.54) is 11.3 Å². The highest BCUT2D eigenvalue weighted by Crippen LogP contribution is 2.73. The summed E-state index contributed by atoms with van der Waals surface area (Å²) < 4.78 is 6.49. The number of carbonyl (C=O) groups excluding carboxylic acids is 2. The highest BCUT2D eigenvalue weighted by Gasteiger charge is 2.72. The molecule has 1 N–H and O–H groups in total. The van der Waals surface area contributed by atoms with E-state index in [9.17, 15) is 19.7 Å². The molecular formula is C23H21N3O6S. The number of anilines is 1. The van der Waals surface area contributed by atoms with E-state index < -0.39 is 10.5 Å². The van der Waals surface area contributed by atoms with Crippen LogP contribution in [0, 0.1) is 20.9 Å². The molecule has 3 saturated carbocycles. The van der Waals surface area contributed by atoms with E-state index in [2.05, 4.69) is 15.1 Å². The van der Waals surface area contributed by atoms with E-state index in [-0.39, 0.29) is 36.9 Å². The van der Waals surface area contributed by atoms with Gasteiger partial charge in [-0.15, -0.1) is 21.5 Å². The van der Waals surface area contributed by atoms with Crippen LogP contribution in [0.25, 0.3) is 10.1 Å². The van der Waals surface area contributed by atoms with E-state index in [0.717, 1.165) is 26.2 Å². The number of rotatable bonds is 9. The van der Waals surface area contributed by atoms with Crippen molar-refractivity contribution in [2.45, 2.75) is 32.3 Å². The summed E-state index contributed by atoms with van der Waals surface area (Å²) in [6.07, 6.45) is 5.48.